The lowest BCUT2D eigenvalue weighted by Gasteiger charge is -2.24. The lowest BCUT2D eigenvalue weighted by atomic mass is 10.1. The first-order valence-corrected chi connectivity index (χ1v) is 12.6. The van der Waals surface area contributed by atoms with Gasteiger partial charge in [0.2, 0.25) is 5.95 Å². The van der Waals surface area contributed by atoms with Gasteiger partial charge in [0.25, 0.3) is 5.56 Å². The molecule has 186 valence electrons. The molecule has 1 unspecified atom stereocenters. The normalized spacial score (nSPS) is 17.4. The van der Waals surface area contributed by atoms with Crippen LogP contribution in [0, 0.1) is 11.8 Å². The van der Waals surface area contributed by atoms with Crippen LogP contribution in [0.5, 0.6) is 0 Å². The average Bonchev–Trinajstić information content (AvgIpc) is 3.43. The molecule has 0 bridgehead atoms. The Kier molecular flexibility index (Phi) is 7.60. The van der Waals surface area contributed by atoms with Crippen LogP contribution in [-0.2, 0) is 11.3 Å². The zero-order valence-electron chi connectivity index (χ0n) is 20.6. The Morgan fingerprint density at radius 1 is 1.19 bits per heavy atom. The molecule has 3 N–H and O–H groups in total. The van der Waals surface area contributed by atoms with Gasteiger partial charge in [-0.2, -0.15) is 4.98 Å². The third-order valence-electron chi connectivity index (χ3n) is 6.55. The van der Waals surface area contributed by atoms with Crippen LogP contribution < -0.4 is 21.5 Å². The van der Waals surface area contributed by atoms with Gasteiger partial charge in [-0.25, -0.2) is 4.98 Å². The fraction of sp³-hybridized carbons (Fsp3) is 0.393. The monoisotopic (exact) mass is 484 g/mol. The second-order valence-electron chi connectivity index (χ2n) is 9.24. The first kappa shape index (κ1) is 24.0. The maximum atomic E-state index is 13.3. The number of aromatic nitrogens is 3. The van der Waals surface area contributed by atoms with Gasteiger partial charge in [-0.1, -0.05) is 17.9 Å². The summed E-state index contributed by atoms with van der Waals surface area (Å²) in [6.45, 7) is 2.87. The number of ether oxygens (including phenoxy) is 1. The number of methoxy groups -OCH3 is 1. The molecule has 3 aromatic rings. The van der Waals surface area contributed by atoms with Gasteiger partial charge in [0.1, 0.15) is 5.65 Å². The first-order valence-electron chi connectivity index (χ1n) is 12.6. The maximum absolute atomic E-state index is 13.3. The van der Waals surface area contributed by atoms with Gasteiger partial charge in [0.15, 0.2) is 0 Å². The van der Waals surface area contributed by atoms with Crippen molar-refractivity contribution < 1.29 is 4.74 Å². The Bertz CT molecular complexity index is 1360. The number of rotatable bonds is 7. The Hall–Kier alpha value is -3.67. The second-order valence-corrected chi connectivity index (χ2v) is 9.24. The molecular weight excluding hydrogens is 452 g/mol. The van der Waals surface area contributed by atoms with Crippen LogP contribution >= 0.6 is 0 Å². The number of hydrogen-bond acceptors (Lipinski definition) is 7. The lowest BCUT2D eigenvalue weighted by molar-refractivity contribution is 0.187. The molecule has 1 aromatic carbocycles. The third-order valence-corrected chi connectivity index (χ3v) is 6.55. The molecule has 8 nitrogen and oxygen atoms in total. The number of allylic oxidation sites excluding steroid dienone is 2. The fourth-order valence-electron chi connectivity index (χ4n) is 4.62. The van der Waals surface area contributed by atoms with E-state index in [1.807, 2.05) is 12.1 Å². The van der Waals surface area contributed by atoms with Crippen molar-refractivity contribution in [3.63, 3.8) is 0 Å². The molecule has 0 spiro atoms. The molecule has 0 saturated carbocycles. The molecule has 36 heavy (non-hydrogen) atoms. The Labute approximate surface area is 211 Å². The number of piperidine rings is 1. The minimum atomic E-state index is -0.164. The number of pyridine rings is 1. The van der Waals surface area contributed by atoms with E-state index in [2.05, 4.69) is 56.0 Å². The summed E-state index contributed by atoms with van der Waals surface area (Å²) < 4.78 is 6.88. The van der Waals surface area contributed by atoms with Crippen molar-refractivity contribution in [3.05, 3.63) is 64.1 Å². The van der Waals surface area contributed by atoms with Gasteiger partial charge in [0, 0.05) is 42.7 Å². The van der Waals surface area contributed by atoms with Crippen molar-refractivity contribution in [2.24, 2.45) is 0 Å². The number of nitrogens with one attached hydrogen (secondary N) is 3. The Balaban J connectivity index is 1.38. The SMILES string of the molecule is COCCn1c(=O)c(C#CC2=CCCC2)cc2cnc(Nc3ccc(NC4CCCNC4)cc3)nc21. The average molecular weight is 485 g/mol. The quantitative estimate of drug-likeness (QED) is 0.439. The van der Waals surface area contributed by atoms with E-state index < -0.39 is 0 Å². The van der Waals surface area contributed by atoms with E-state index in [1.165, 1.54) is 12.8 Å². The van der Waals surface area contributed by atoms with E-state index >= 15 is 0 Å². The van der Waals surface area contributed by atoms with E-state index in [1.54, 1.807) is 23.9 Å². The highest BCUT2D eigenvalue weighted by Crippen LogP contribution is 2.21. The number of fused-ring (bicyclic) bond motifs is 1. The van der Waals surface area contributed by atoms with Crippen LogP contribution in [-0.4, -0.2) is 47.4 Å². The molecule has 8 heteroatoms. The smallest absolute Gasteiger partial charge is 0.268 e. The molecular formula is C28H32N6O2. The predicted octanol–water partition coefficient (Wildman–Crippen LogP) is 3.81. The zero-order valence-corrected chi connectivity index (χ0v) is 20.6. The van der Waals surface area contributed by atoms with Crippen molar-refractivity contribution >= 4 is 28.4 Å². The molecule has 0 radical (unpaired) electrons. The number of nitrogens with zero attached hydrogens (tertiary/aromatic N) is 3. The van der Waals surface area contributed by atoms with Crippen LogP contribution in [0.3, 0.4) is 0 Å². The van der Waals surface area contributed by atoms with Crippen LogP contribution in [0.1, 0.15) is 37.7 Å². The summed E-state index contributed by atoms with van der Waals surface area (Å²) in [6.07, 6.45) is 9.41. The lowest BCUT2D eigenvalue weighted by Crippen LogP contribution is -2.38. The molecule has 1 atom stereocenters. The van der Waals surface area contributed by atoms with Gasteiger partial charge in [0.05, 0.1) is 18.7 Å². The highest BCUT2D eigenvalue weighted by molar-refractivity contribution is 5.77. The largest absolute Gasteiger partial charge is 0.383 e. The van der Waals surface area contributed by atoms with Crippen LogP contribution in [0.4, 0.5) is 17.3 Å². The zero-order chi connectivity index (χ0) is 24.7. The molecule has 0 amide bonds. The summed E-state index contributed by atoms with van der Waals surface area (Å²) >= 11 is 0. The van der Waals surface area contributed by atoms with Crippen LogP contribution in [0.15, 0.2) is 53.0 Å². The summed E-state index contributed by atoms with van der Waals surface area (Å²) in [7, 11) is 1.62. The Morgan fingerprint density at radius 2 is 2.06 bits per heavy atom. The molecule has 2 aliphatic rings. The van der Waals surface area contributed by atoms with E-state index in [0.717, 1.165) is 54.7 Å². The van der Waals surface area contributed by atoms with Crippen LogP contribution in [0.2, 0.25) is 0 Å². The van der Waals surface area contributed by atoms with Crippen molar-refractivity contribution in [2.45, 2.75) is 44.7 Å². The van der Waals surface area contributed by atoms with Crippen molar-refractivity contribution in [1.82, 2.24) is 19.9 Å². The standard InChI is InChI=1S/C28H32N6O2/c1-36-16-15-34-26-22(17-21(27(34)35)9-8-20-5-2-3-6-20)18-30-28(33-26)32-24-12-10-23(11-13-24)31-25-7-4-14-29-19-25/h5,10-13,17-18,25,29,31H,2-4,6-7,14-16,19H2,1H3,(H,30,32,33). The molecule has 1 aliphatic carbocycles. The fourth-order valence-corrected chi connectivity index (χ4v) is 4.62. The van der Waals surface area contributed by atoms with Gasteiger partial charge in [-0.15, -0.1) is 0 Å². The minimum absolute atomic E-state index is 0.164. The third kappa shape index (κ3) is 5.76. The number of anilines is 3. The van der Waals surface area contributed by atoms with Gasteiger partial charge < -0.3 is 20.7 Å². The molecule has 1 aliphatic heterocycles. The van der Waals surface area contributed by atoms with Crippen molar-refractivity contribution in [1.29, 1.82) is 0 Å². The molecule has 1 saturated heterocycles. The topological polar surface area (TPSA) is 93.1 Å². The van der Waals surface area contributed by atoms with Gasteiger partial charge >= 0.3 is 0 Å². The minimum Gasteiger partial charge on any atom is -0.383 e. The van der Waals surface area contributed by atoms with Gasteiger partial charge in [-0.05, 0) is 74.6 Å². The molecule has 3 heterocycles. The van der Waals surface area contributed by atoms with Crippen molar-refractivity contribution in [3.8, 4) is 11.8 Å². The molecule has 5 rings (SSSR count). The number of hydrogen-bond donors (Lipinski definition) is 3. The highest BCUT2D eigenvalue weighted by Gasteiger charge is 2.13. The summed E-state index contributed by atoms with van der Waals surface area (Å²) in [5.41, 5.74) is 3.91. The van der Waals surface area contributed by atoms with E-state index in [4.69, 9.17) is 4.74 Å². The van der Waals surface area contributed by atoms with E-state index in [0.29, 0.717) is 36.4 Å². The predicted molar refractivity (Wildman–Crippen MR) is 144 cm³/mol. The van der Waals surface area contributed by atoms with Gasteiger partial charge in [-0.3, -0.25) is 9.36 Å². The second kappa shape index (κ2) is 11.4. The van der Waals surface area contributed by atoms with E-state index in [-0.39, 0.29) is 5.56 Å². The van der Waals surface area contributed by atoms with Crippen LogP contribution in [0.25, 0.3) is 11.0 Å². The summed E-state index contributed by atoms with van der Waals surface area (Å²) in [4.78, 5) is 22.4. The number of benzene rings is 1. The first-order chi connectivity index (χ1) is 17.7. The Morgan fingerprint density at radius 3 is 2.81 bits per heavy atom. The maximum Gasteiger partial charge on any atom is 0.268 e. The summed E-state index contributed by atoms with van der Waals surface area (Å²) in [5.74, 6) is 6.68. The highest BCUT2D eigenvalue weighted by atomic mass is 16.5. The summed E-state index contributed by atoms with van der Waals surface area (Å²) in [6, 6.07) is 10.3. The molecule has 2 aromatic heterocycles. The van der Waals surface area contributed by atoms with Crippen molar-refractivity contribution in [2.75, 3.05) is 37.4 Å². The van der Waals surface area contributed by atoms with E-state index in [9.17, 15) is 4.79 Å². The summed E-state index contributed by atoms with van der Waals surface area (Å²) in [5, 5.41) is 11.0. The molecule has 1 fully saturated rings.